The van der Waals surface area contributed by atoms with E-state index in [-0.39, 0.29) is 23.8 Å². The third-order valence-corrected chi connectivity index (χ3v) is 6.33. The Kier molecular flexibility index (Phi) is 7.66. The van der Waals surface area contributed by atoms with Crippen LogP contribution in [-0.4, -0.2) is 67.1 Å². The van der Waals surface area contributed by atoms with Crippen molar-refractivity contribution in [2.75, 3.05) is 39.4 Å². The lowest BCUT2D eigenvalue weighted by atomic mass is 9.90. The molecule has 2 atom stereocenters. The Labute approximate surface area is 194 Å². The Hall–Kier alpha value is -2.57. The van der Waals surface area contributed by atoms with Gasteiger partial charge in [0.05, 0.1) is 19.6 Å². The molecule has 0 aromatic heterocycles. The van der Waals surface area contributed by atoms with Gasteiger partial charge in [-0.2, -0.15) is 0 Å². The molecule has 170 valence electrons. The molecule has 7 heteroatoms. The third-order valence-electron chi connectivity index (χ3n) is 6.09. The fourth-order valence-electron chi connectivity index (χ4n) is 4.36. The highest BCUT2D eigenvalue weighted by Crippen LogP contribution is 2.27. The topological polar surface area (TPSA) is 59.1 Å². The van der Waals surface area contributed by atoms with Crippen LogP contribution in [0.4, 0.5) is 0 Å². The largest absolute Gasteiger partial charge is 0.490 e. The average molecular weight is 457 g/mol. The molecule has 2 aromatic carbocycles. The molecule has 0 spiro atoms. The summed E-state index contributed by atoms with van der Waals surface area (Å²) in [5, 5.41) is 0.624. The summed E-state index contributed by atoms with van der Waals surface area (Å²) in [7, 11) is 0. The standard InChI is InChI=1S/C25H29ClN2O4/c26-21-6-4-5-19(15-21)16-24(29)28-10-9-23(32-22-7-2-1-3-8-22)20(18-28)17-25(30)27-11-13-31-14-12-27/h1-8,15,20,23H,9-14,16-18H2/t20-,23-/m0/s1. The number of para-hydroxylation sites is 1. The summed E-state index contributed by atoms with van der Waals surface area (Å²) in [5.41, 5.74) is 0.895. The fourth-order valence-corrected chi connectivity index (χ4v) is 4.57. The van der Waals surface area contributed by atoms with Gasteiger partial charge in [-0.3, -0.25) is 9.59 Å². The summed E-state index contributed by atoms with van der Waals surface area (Å²) in [6.07, 6.45) is 1.24. The van der Waals surface area contributed by atoms with Gasteiger partial charge in [-0.05, 0) is 29.8 Å². The quantitative estimate of drug-likeness (QED) is 0.668. The van der Waals surface area contributed by atoms with Crippen LogP contribution in [0.15, 0.2) is 54.6 Å². The fraction of sp³-hybridized carbons (Fsp3) is 0.440. The van der Waals surface area contributed by atoms with E-state index in [1.54, 1.807) is 6.07 Å². The Morgan fingerprint density at radius 3 is 2.50 bits per heavy atom. The maximum absolute atomic E-state index is 13.0. The van der Waals surface area contributed by atoms with Crippen molar-refractivity contribution < 1.29 is 19.1 Å². The van der Waals surface area contributed by atoms with Crippen LogP contribution in [0.5, 0.6) is 5.75 Å². The molecule has 2 amide bonds. The Morgan fingerprint density at radius 2 is 1.75 bits per heavy atom. The van der Waals surface area contributed by atoms with Crippen LogP contribution >= 0.6 is 11.6 Å². The molecule has 2 aliphatic rings. The number of carbonyl (C=O) groups excluding carboxylic acids is 2. The molecule has 2 fully saturated rings. The third kappa shape index (κ3) is 6.02. The number of hydrogen-bond donors (Lipinski definition) is 0. The van der Waals surface area contributed by atoms with E-state index in [1.165, 1.54) is 0 Å². The van der Waals surface area contributed by atoms with Crippen LogP contribution in [0.3, 0.4) is 0 Å². The monoisotopic (exact) mass is 456 g/mol. The minimum absolute atomic E-state index is 0.0502. The number of amides is 2. The van der Waals surface area contributed by atoms with Crippen molar-refractivity contribution in [3.8, 4) is 5.75 Å². The zero-order valence-corrected chi connectivity index (χ0v) is 18.9. The van der Waals surface area contributed by atoms with Gasteiger partial charge >= 0.3 is 0 Å². The van der Waals surface area contributed by atoms with E-state index in [2.05, 4.69) is 0 Å². The van der Waals surface area contributed by atoms with Gasteiger partial charge in [0.25, 0.3) is 0 Å². The summed E-state index contributed by atoms with van der Waals surface area (Å²) < 4.78 is 11.6. The first-order valence-electron chi connectivity index (χ1n) is 11.2. The number of hydrogen-bond acceptors (Lipinski definition) is 4. The predicted molar refractivity (Wildman–Crippen MR) is 123 cm³/mol. The number of nitrogens with zero attached hydrogens (tertiary/aromatic N) is 2. The second-order valence-electron chi connectivity index (χ2n) is 8.36. The molecule has 2 heterocycles. The molecule has 2 aromatic rings. The number of piperidine rings is 1. The van der Waals surface area contributed by atoms with E-state index in [9.17, 15) is 9.59 Å². The number of halogens is 1. The first-order valence-corrected chi connectivity index (χ1v) is 11.6. The molecule has 0 saturated carbocycles. The number of likely N-dealkylation sites (tertiary alicyclic amines) is 1. The molecular formula is C25H29ClN2O4. The minimum atomic E-state index is -0.113. The Morgan fingerprint density at radius 1 is 0.969 bits per heavy atom. The number of morpholine rings is 1. The molecule has 0 unspecified atom stereocenters. The molecule has 2 aliphatic heterocycles. The maximum atomic E-state index is 13.0. The number of carbonyl (C=O) groups is 2. The maximum Gasteiger partial charge on any atom is 0.227 e. The predicted octanol–water partition coefficient (Wildman–Crippen LogP) is 3.43. The summed E-state index contributed by atoms with van der Waals surface area (Å²) in [6, 6.07) is 17.1. The first kappa shape index (κ1) is 22.6. The van der Waals surface area contributed by atoms with Gasteiger partial charge in [0.15, 0.2) is 0 Å². The van der Waals surface area contributed by atoms with Gasteiger partial charge in [-0.15, -0.1) is 0 Å². The smallest absolute Gasteiger partial charge is 0.227 e. The highest BCUT2D eigenvalue weighted by Gasteiger charge is 2.35. The lowest BCUT2D eigenvalue weighted by Crippen LogP contribution is -2.50. The summed E-state index contributed by atoms with van der Waals surface area (Å²) in [5.74, 6) is 0.876. The minimum Gasteiger partial charge on any atom is -0.490 e. The summed E-state index contributed by atoms with van der Waals surface area (Å²) >= 11 is 6.07. The SMILES string of the molecule is O=C(C[C@H]1CN(C(=O)Cc2cccc(Cl)c2)CC[C@@H]1Oc1ccccc1)N1CCOCC1. The van der Waals surface area contributed by atoms with Gasteiger partial charge in [0, 0.05) is 50.0 Å². The van der Waals surface area contributed by atoms with E-state index < -0.39 is 0 Å². The molecule has 0 N–H and O–H groups in total. The highest BCUT2D eigenvalue weighted by molar-refractivity contribution is 6.30. The van der Waals surface area contributed by atoms with Crippen molar-refractivity contribution in [3.63, 3.8) is 0 Å². The van der Waals surface area contributed by atoms with E-state index in [1.807, 2.05) is 58.3 Å². The lowest BCUT2D eigenvalue weighted by Gasteiger charge is -2.39. The van der Waals surface area contributed by atoms with Crippen LogP contribution in [-0.2, 0) is 20.7 Å². The molecule has 32 heavy (non-hydrogen) atoms. The van der Waals surface area contributed by atoms with Crippen molar-refractivity contribution in [3.05, 3.63) is 65.2 Å². The van der Waals surface area contributed by atoms with Crippen LogP contribution in [0, 0.1) is 5.92 Å². The van der Waals surface area contributed by atoms with Gasteiger partial charge in [-0.25, -0.2) is 0 Å². The second kappa shape index (κ2) is 10.8. The van der Waals surface area contributed by atoms with Crippen molar-refractivity contribution in [1.82, 2.24) is 9.80 Å². The van der Waals surface area contributed by atoms with Gasteiger partial charge in [0.2, 0.25) is 11.8 Å². The van der Waals surface area contributed by atoms with E-state index >= 15 is 0 Å². The molecule has 0 aliphatic carbocycles. The van der Waals surface area contributed by atoms with Gasteiger partial charge in [-0.1, -0.05) is 41.9 Å². The molecule has 0 radical (unpaired) electrons. The molecule has 0 bridgehead atoms. The van der Waals surface area contributed by atoms with E-state index in [0.29, 0.717) is 63.7 Å². The summed E-state index contributed by atoms with van der Waals surface area (Å²) in [4.78, 5) is 29.7. The number of ether oxygens (including phenoxy) is 2. The van der Waals surface area contributed by atoms with E-state index in [0.717, 1.165) is 11.3 Å². The zero-order valence-electron chi connectivity index (χ0n) is 18.1. The van der Waals surface area contributed by atoms with Crippen LogP contribution in [0.25, 0.3) is 0 Å². The average Bonchev–Trinajstić information content (AvgIpc) is 2.81. The second-order valence-corrected chi connectivity index (χ2v) is 8.80. The normalized spacial score (nSPS) is 21.3. The number of benzene rings is 2. The van der Waals surface area contributed by atoms with Crippen molar-refractivity contribution in [2.24, 2.45) is 5.92 Å². The van der Waals surface area contributed by atoms with Crippen LogP contribution in [0.2, 0.25) is 5.02 Å². The van der Waals surface area contributed by atoms with Crippen molar-refractivity contribution in [2.45, 2.75) is 25.4 Å². The zero-order chi connectivity index (χ0) is 22.3. The first-order chi connectivity index (χ1) is 15.6. The number of rotatable bonds is 6. The van der Waals surface area contributed by atoms with Gasteiger partial charge < -0.3 is 19.3 Å². The molecular weight excluding hydrogens is 428 g/mol. The van der Waals surface area contributed by atoms with Crippen LogP contribution < -0.4 is 4.74 Å². The van der Waals surface area contributed by atoms with Gasteiger partial charge in [0.1, 0.15) is 11.9 Å². The van der Waals surface area contributed by atoms with Crippen LogP contribution in [0.1, 0.15) is 18.4 Å². The molecule has 6 nitrogen and oxygen atoms in total. The van der Waals surface area contributed by atoms with Crippen molar-refractivity contribution in [1.29, 1.82) is 0 Å². The Bertz CT molecular complexity index is 917. The lowest BCUT2D eigenvalue weighted by molar-refractivity contribution is -0.141. The summed E-state index contributed by atoms with van der Waals surface area (Å²) in [6.45, 7) is 3.50. The van der Waals surface area contributed by atoms with E-state index in [4.69, 9.17) is 21.1 Å². The molecule has 4 rings (SSSR count). The molecule has 2 saturated heterocycles. The highest BCUT2D eigenvalue weighted by atomic mass is 35.5. The van der Waals surface area contributed by atoms with Crippen molar-refractivity contribution >= 4 is 23.4 Å². The Balaban J connectivity index is 1.44.